The van der Waals surface area contributed by atoms with Gasteiger partial charge in [0.1, 0.15) is 0 Å². The summed E-state index contributed by atoms with van der Waals surface area (Å²) in [5.74, 6) is 0.810. The van der Waals surface area contributed by atoms with Gasteiger partial charge < -0.3 is 14.6 Å². The molecule has 0 spiro atoms. The van der Waals surface area contributed by atoms with Crippen LogP contribution >= 0.6 is 11.3 Å². The number of thiophene rings is 1. The molecule has 0 aromatic carbocycles. The summed E-state index contributed by atoms with van der Waals surface area (Å²) in [6.45, 7) is 9.23. The first-order chi connectivity index (χ1) is 16.3. The second kappa shape index (κ2) is 9.59. The first-order valence-electron chi connectivity index (χ1n) is 12.7. The van der Waals surface area contributed by atoms with E-state index in [2.05, 4.69) is 16.8 Å². The lowest BCUT2D eigenvalue weighted by molar-refractivity contribution is -0.0594. The van der Waals surface area contributed by atoms with Gasteiger partial charge in [-0.3, -0.25) is 14.5 Å². The van der Waals surface area contributed by atoms with Crippen molar-refractivity contribution >= 4 is 17.2 Å². The molecule has 1 N–H and O–H groups in total. The number of likely N-dealkylation sites (tertiary alicyclic amines) is 1. The van der Waals surface area contributed by atoms with Gasteiger partial charge in [-0.1, -0.05) is 0 Å². The van der Waals surface area contributed by atoms with Crippen molar-refractivity contribution < 1.29 is 9.53 Å². The summed E-state index contributed by atoms with van der Waals surface area (Å²) in [4.78, 5) is 35.9. The van der Waals surface area contributed by atoms with E-state index in [1.165, 1.54) is 41.0 Å². The van der Waals surface area contributed by atoms with Crippen molar-refractivity contribution in [2.24, 2.45) is 5.92 Å². The van der Waals surface area contributed by atoms with Crippen molar-refractivity contribution in [2.75, 3.05) is 26.7 Å². The molecule has 2 aromatic rings. The normalized spacial score (nSPS) is 23.8. The van der Waals surface area contributed by atoms with Gasteiger partial charge in [0.25, 0.3) is 11.5 Å². The van der Waals surface area contributed by atoms with Crippen LogP contribution in [0.4, 0.5) is 0 Å². The zero-order valence-electron chi connectivity index (χ0n) is 20.9. The number of amides is 1. The van der Waals surface area contributed by atoms with Crippen molar-refractivity contribution in [3.05, 3.63) is 54.1 Å². The highest BCUT2D eigenvalue weighted by molar-refractivity contribution is 7.12. The van der Waals surface area contributed by atoms with Crippen LogP contribution in [0.2, 0.25) is 0 Å². The smallest absolute Gasteiger partial charge is 0.255 e. The molecule has 7 heteroatoms. The number of carbonyl (C=O) groups is 1. The Morgan fingerprint density at radius 3 is 2.53 bits per heavy atom. The summed E-state index contributed by atoms with van der Waals surface area (Å²) < 4.78 is 5.44. The number of aromatic amines is 1. The van der Waals surface area contributed by atoms with E-state index >= 15 is 0 Å². The fourth-order valence-corrected chi connectivity index (χ4v) is 7.49. The maximum absolute atomic E-state index is 13.5. The van der Waals surface area contributed by atoms with Crippen LogP contribution in [0.25, 0.3) is 0 Å². The molecule has 1 saturated heterocycles. The van der Waals surface area contributed by atoms with E-state index in [1.807, 2.05) is 43.3 Å². The fourth-order valence-electron chi connectivity index (χ4n) is 6.08. The van der Waals surface area contributed by atoms with Gasteiger partial charge >= 0.3 is 0 Å². The van der Waals surface area contributed by atoms with Gasteiger partial charge in [0.15, 0.2) is 0 Å². The number of pyridine rings is 1. The highest BCUT2D eigenvalue weighted by atomic mass is 32.1. The molecule has 34 heavy (non-hydrogen) atoms. The standard InChI is InChI=1S/C27H37N3O3S/c1-16-11-17(2)28-26(31)22(16)15-29-10-9-23-25(27(29)32)18(3)24(34-23)12-19-5-7-20(8-6-19)30-13-21(14-30)33-4/h11,19-21H,5-10,12-15H2,1-4H3,(H,28,31). The Labute approximate surface area is 206 Å². The zero-order chi connectivity index (χ0) is 24.0. The van der Waals surface area contributed by atoms with Gasteiger partial charge in [-0.15, -0.1) is 11.3 Å². The lowest BCUT2D eigenvalue weighted by atomic mass is 9.81. The molecule has 2 aliphatic heterocycles. The average molecular weight is 484 g/mol. The van der Waals surface area contributed by atoms with Crippen molar-refractivity contribution in [1.82, 2.24) is 14.8 Å². The molecule has 0 unspecified atom stereocenters. The average Bonchev–Trinajstić information content (AvgIpc) is 3.08. The van der Waals surface area contributed by atoms with E-state index in [9.17, 15) is 9.59 Å². The minimum absolute atomic E-state index is 0.0783. The van der Waals surface area contributed by atoms with Crippen LogP contribution in [0.3, 0.4) is 0 Å². The van der Waals surface area contributed by atoms with Crippen LogP contribution in [-0.4, -0.2) is 59.6 Å². The summed E-state index contributed by atoms with van der Waals surface area (Å²) in [6.07, 6.45) is 7.53. The summed E-state index contributed by atoms with van der Waals surface area (Å²) in [5.41, 5.74) is 4.52. The molecule has 1 aliphatic carbocycles. The third-order valence-electron chi connectivity index (χ3n) is 8.29. The molecule has 0 atom stereocenters. The number of aryl methyl sites for hydroxylation is 2. The van der Waals surface area contributed by atoms with E-state index in [0.29, 0.717) is 24.8 Å². The van der Waals surface area contributed by atoms with E-state index in [0.717, 1.165) is 54.7 Å². The molecule has 1 saturated carbocycles. The Bertz CT molecular complexity index is 1120. The molecule has 2 aromatic heterocycles. The third kappa shape index (κ3) is 4.50. The van der Waals surface area contributed by atoms with Crippen LogP contribution in [-0.2, 0) is 24.1 Å². The number of carbonyl (C=O) groups excluding carboxylic acids is 1. The Balaban J connectivity index is 1.23. The quantitative estimate of drug-likeness (QED) is 0.675. The van der Waals surface area contributed by atoms with Gasteiger partial charge in [0, 0.05) is 60.2 Å². The summed E-state index contributed by atoms with van der Waals surface area (Å²) in [7, 11) is 1.81. The molecule has 3 aliphatic rings. The van der Waals surface area contributed by atoms with Gasteiger partial charge in [0.2, 0.25) is 0 Å². The highest BCUT2D eigenvalue weighted by Crippen LogP contribution is 2.38. The number of nitrogens with one attached hydrogen (secondary N) is 1. The summed E-state index contributed by atoms with van der Waals surface area (Å²) >= 11 is 1.86. The lowest BCUT2D eigenvalue weighted by Crippen LogP contribution is -2.56. The summed E-state index contributed by atoms with van der Waals surface area (Å²) in [6, 6.07) is 2.71. The van der Waals surface area contributed by atoms with Crippen molar-refractivity contribution in [3.8, 4) is 0 Å². The number of hydrogen-bond acceptors (Lipinski definition) is 5. The second-order valence-corrected chi connectivity index (χ2v) is 11.7. The minimum Gasteiger partial charge on any atom is -0.379 e. The van der Waals surface area contributed by atoms with Crippen LogP contribution < -0.4 is 5.56 Å². The molecule has 5 rings (SSSR count). The van der Waals surface area contributed by atoms with Crippen molar-refractivity contribution in [2.45, 2.75) is 78.0 Å². The molecule has 0 bridgehead atoms. The van der Waals surface area contributed by atoms with Crippen LogP contribution in [0, 0.1) is 26.7 Å². The van der Waals surface area contributed by atoms with Crippen LogP contribution in [0.5, 0.6) is 0 Å². The molecular weight excluding hydrogens is 446 g/mol. The number of aromatic nitrogens is 1. The Morgan fingerprint density at radius 2 is 1.85 bits per heavy atom. The van der Waals surface area contributed by atoms with Gasteiger partial charge in [-0.25, -0.2) is 0 Å². The zero-order valence-corrected chi connectivity index (χ0v) is 21.7. The number of nitrogens with zero attached hydrogens (tertiary/aromatic N) is 2. The van der Waals surface area contributed by atoms with Crippen molar-refractivity contribution in [3.63, 3.8) is 0 Å². The van der Waals surface area contributed by atoms with Gasteiger partial charge in [0.05, 0.1) is 18.2 Å². The highest BCUT2D eigenvalue weighted by Gasteiger charge is 2.35. The Morgan fingerprint density at radius 1 is 1.12 bits per heavy atom. The Hall–Kier alpha value is -1.96. The number of hydrogen-bond donors (Lipinski definition) is 1. The molecule has 6 nitrogen and oxygen atoms in total. The van der Waals surface area contributed by atoms with Gasteiger partial charge in [-0.2, -0.15) is 0 Å². The van der Waals surface area contributed by atoms with Crippen LogP contribution in [0.1, 0.15) is 68.2 Å². The van der Waals surface area contributed by atoms with E-state index < -0.39 is 0 Å². The molecule has 184 valence electrons. The number of rotatable bonds is 6. The lowest BCUT2D eigenvalue weighted by Gasteiger charge is -2.46. The summed E-state index contributed by atoms with van der Waals surface area (Å²) in [5, 5.41) is 0. The predicted molar refractivity (Wildman–Crippen MR) is 136 cm³/mol. The molecule has 4 heterocycles. The van der Waals surface area contributed by atoms with E-state index in [1.54, 1.807) is 0 Å². The molecule has 2 fully saturated rings. The molecular formula is C27H37N3O3S. The molecule has 0 radical (unpaired) electrons. The fraction of sp³-hybridized carbons (Fsp3) is 0.630. The number of H-pyrrole nitrogens is 1. The predicted octanol–water partition coefficient (Wildman–Crippen LogP) is 3.99. The SMILES string of the molecule is COC1CN(C2CCC(Cc3sc4c(c3C)C(=O)N(Cc3c(C)cc(C)[nH]c3=O)CC4)CC2)C1. The topological polar surface area (TPSA) is 65.6 Å². The van der Waals surface area contributed by atoms with E-state index in [-0.39, 0.29) is 11.5 Å². The van der Waals surface area contributed by atoms with Crippen LogP contribution in [0.15, 0.2) is 10.9 Å². The maximum Gasteiger partial charge on any atom is 0.255 e. The molecule has 1 amide bonds. The second-order valence-electron chi connectivity index (χ2n) is 10.6. The number of fused-ring (bicyclic) bond motifs is 1. The van der Waals surface area contributed by atoms with Crippen molar-refractivity contribution in [1.29, 1.82) is 0 Å². The maximum atomic E-state index is 13.5. The monoisotopic (exact) mass is 483 g/mol. The largest absolute Gasteiger partial charge is 0.379 e. The number of ether oxygens (including phenoxy) is 1. The minimum atomic E-state index is -0.0783. The first kappa shape index (κ1) is 23.8. The first-order valence-corrected chi connectivity index (χ1v) is 13.5. The third-order valence-corrected chi connectivity index (χ3v) is 9.66. The van der Waals surface area contributed by atoms with Gasteiger partial charge in [-0.05, 0) is 76.0 Å². The number of methoxy groups -OCH3 is 1. The van der Waals surface area contributed by atoms with E-state index in [4.69, 9.17) is 4.74 Å². The Kier molecular flexibility index (Phi) is 6.70.